The van der Waals surface area contributed by atoms with Gasteiger partial charge in [0, 0.05) is 18.7 Å². The minimum atomic E-state index is -0.950. The van der Waals surface area contributed by atoms with Crippen molar-refractivity contribution in [2.75, 3.05) is 18.4 Å². The summed E-state index contributed by atoms with van der Waals surface area (Å²) in [7, 11) is 0. The van der Waals surface area contributed by atoms with E-state index in [2.05, 4.69) is 15.6 Å². The fraction of sp³-hybridized carbons (Fsp3) is 0.462. The number of hydrogen-bond acceptors (Lipinski definition) is 3. The fourth-order valence-corrected chi connectivity index (χ4v) is 2.49. The van der Waals surface area contributed by atoms with Gasteiger partial charge in [-0.2, -0.15) is 0 Å². The van der Waals surface area contributed by atoms with Crippen LogP contribution in [0, 0.1) is 0 Å². The summed E-state index contributed by atoms with van der Waals surface area (Å²) in [5, 5.41) is 5.36. The van der Waals surface area contributed by atoms with Crippen LogP contribution in [0.5, 0.6) is 0 Å². The van der Waals surface area contributed by atoms with Gasteiger partial charge < -0.3 is 15.5 Å². The summed E-state index contributed by atoms with van der Waals surface area (Å²) in [4.78, 5) is 28.9. The highest BCUT2D eigenvalue weighted by Gasteiger charge is 2.24. The number of aromatic nitrogens is 1. The van der Waals surface area contributed by atoms with E-state index >= 15 is 0 Å². The predicted octanol–water partition coefficient (Wildman–Crippen LogP) is 1.29. The van der Waals surface area contributed by atoms with Gasteiger partial charge in [0.15, 0.2) is 0 Å². The van der Waals surface area contributed by atoms with Crippen LogP contribution in [0.15, 0.2) is 12.3 Å². The van der Waals surface area contributed by atoms with Crippen LogP contribution in [0.25, 0.3) is 0 Å². The first kappa shape index (κ1) is 12.8. The molecule has 0 spiro atoms. The number of alkyl halides is 1. The van der Waals surface area contributed by atoms with Crippen molar-refractivity contribution in [3.8, 4) is 0 Å². The Morgan fingerprint density at radius 3 is 3.20 bits per heavy atom. The maximum absolute atomic E-state index is 13.3. The number of hydrogen-bond donors (Lipinski definition) is 2. The minimum Gasteiger partial charge on any atom is -0.347 e. The Hall–Kier alpha value is -2.18. The van der Waals surface area contributed by atoms with Crippen molar-refractivity contribution in [2.24, 2.45) is 0 Å². The molecule has 1 aromatic heterocycles. The Balaban J connectivity index is 1.69. The quantitative estimate of drug-likeness (QED) is 0.813. The molecule has 2 aliphatic rings. The lowest BCUT2D eigenvalue weighted by molar-refractivity contribution is 0.0961. The van der Waals surface area contributed by atoms with Gasteiger partial charge in [-0.3, -0.25) is 4.79 Å². The van der Waals surface area contributed by atoms with Crippen LogP contribution in [0.2, 0.25) is 0 Å². The number of fused-ring (bicyclic) bond motifs is 1. The summed E-state index contributed by atoms with van der Waals surface area (Å²) in [5.41, 5.74) is 1.67. The number of carbonyl (C=O) groups is 2. The van der Waals surface area contributed by atoms with Crippen LogP contribution >= 0.6 is 0 Å². The largest absolute Gasteiger partial charge is 0.347 e. The highest BCUT2D eigenvalue weighted by Crippen LogP contribution is 2.19. The molecule has 0 radical (unpaired) electrons. The number of amides is 3. The smallest absolute Gasteiger partial charge is 0.321 e. The number of piperidine rings is 1. The molecule has 3 heterocycles. The normalized spacial score (nSPS) is 21.4. The summed E-state index contributed by atoms with van der Waals surface area (Å²) >= 11 is 0. The van der Waals surface area contributed by atoms with E-state index in [9.17, 15) is 14.0 Å². The maximum Gasteiger partial charge on any atom is 0.321 e. The number of likely N-dealkylation sites (tertiary alicyclic amines) is 1. The number of nitrogens with one attached hydrogen (secondary N) is 2. The second-order valence-corrected chi connectivity index (χ2v) is 5.03. The van der Waals surface area contributed by atoms with E-state index in [1.54, 1.807) is 6.07 Å². The van der Waals surface area contributed by atoms with Crippen LogP contribution in [-0.2, 0) is 6.54 Å². The molecule has 3 amide bonds. The molecule has 106 valence electrons. The van der Waals surface area contributed by atoms with Crippen molar-refractivity contribution in [3.63, 3.8) is 0 Å². The molecular formula is C13H15FN4O2. The Morgan fingerprint density at radius 1 is 1.55 bits per heavy atom. The summed E-state index contributed by atoms with van der Waals surface area (Å²) in [6, 6.07) is 1.39. The van der Waals surface area contributed by atoms with Crippen LogP contribution in [0.3, 0.4) is 0 Å². The molecule has 1 unspecified atom stereocenters. The van der Waals surface area contributed by atoms with E-state index in [1.165, 1.54) is 11.1 Å². The lowest BCUT2D eigenvalue weighted by Gasteiger charge is -2.29. The number of urea groups is 1. The van der Waals surface area contributed by atoms with Crippen LogP contribution < -0.4 is 10.6 Å². The van der Waals surface area contributed by atoms with Gasteiger partial charge in [-0.15, -0.1) is 0 Å². The summed E-state index contributed by atoms with van der Waals surface area (Å²) in [5.74, 6) is -0.200. The second kappa shape index (κ2) is 5.07. The highest BCUT2D eigenvalue weighted by atomic mass is 19.1. The highest BCUT2D eigenvalue weighted by molar-refractivity contribution is 5.97. The molecule has 7 heteroatoms. The first-order chi connectivity index (χ1) is 9.63. The Bertz CT molecular complexity index is 563. The molecule has 0 aliphatic carbocycles. The van der Waals surface area contributed by atoms with Crippen LogP contribution in [0.1, 0.15) is 28.9 Å². The fourth-order valence-electron chi connectivity index (χ4n) is 2.49. The van der Waals surface area contributed by atoms with E-state index in [-0.39, 0.29) is 18.5 Å². The molecule has 20 heavy (non-hydrogen) atoms. The summed E-state index contributed by atoms with van der Waals surface area (Å²) in [6.07, 6.45) is 1.68. The molecule has 0 bridgehead atoms. The molecule has 6 nitrogen and oxygen atoms in total. The van der Waals surface area contributed by atoms with E-state index in [4.69, 9.17) is 0 Å². The van der Waals surface area contributed by atoms with E-state index in [0.717, 1.165) is 5.56 Å². The van der Waals surface area contributed by atoms with Gasteiger partial charge in [0.25, 0.3) is 5.91 Å². The molecule has 2 N–H and O–H groups in total. The van der Waals surface area contributed by atoms with E-state index < -0.39 is 6.17 Å². The summed E-state index contributed by atoms with van der Waals surface area (Å²) in [6.45, 7) is 1.11. The van der Waals surface area contributed by atoms with Gasteiger partial charge in [-0.05, 0) is 18.9 Å². The molecular weight excluding hydrogens is 263 g/mol. The maximum atomic E-state index is 13.3. The average molecular weight is 278 g/mol. The third-order valence-electron chi connectivity index (χ3n) is 3.52. The molecule has 1 atom stereocenters. The molecule has 2 aliphatic heterocycles. The lowest BCUT2D eigenvalue weighted by atomic mass is 10.1. The molecule has 0 aromatic carbocycles. The van der Waals surface area contributed by atoms with Crippen molar-refractivity contribution >= 4 is 17.6 Å². The Morgan fingerprint density at radius 2 is 2.40 bits per heavy atom. The van der Waals surface area contributed by atoms with Crippen molar-refractivity contribution in [3.05, 3.63) is 23.5 Å². The monoisotopic (exact) mass is 278 g/mol. The SMILES string of the molecule is O=C1NCc2cc(NC(=O)N3CCCC(F)C3)cnc21. The third-order valence-corrected chi connectivity index (χ3v) is 3.52. The van der Waals surface area contributed by atoms with Crippen molar-refractivity contribution < 1.29 is 14.0 Å². The van der Waals surface area contributed by atoms with Crippen molar-refractivity contribution in [1.82, 2.24) is 15.2 Å². The topological polar surface area (TPSA) is 74.3 Å². The van der Waals surface area contributed by atoms with Gasteiger partial charge in [-0.25, -0.2) is 14.2 Å². The first-order valence-electron chi connectivity index (χ1n) is 6.60. The average Bonchev–Trinajstić information content (AvgIpc) is 2.80. The van der Waals surface area contributed by atoms with E-state index in [1.807, 2.05) is 0 Å². The van der Waals surface area contributed by atoms with Gasteiger partial charge >= 0.3 is 6.03 Å². The van der Waals surface area contributed by atoms with Gasteiger partial charge in [0.1, 0.15) is 11.9 Å². The number of pyridine rings is 1. The molecule has 1 aromatic rings. The molecule has 1 saturated heterocycles. The van der Waals surface area contributed by atoms with E-state index in [0.29, 0.717) is 37.3 Å². The zero-order valence-corrected chi connectivity index (χ0v) is 10.9. The predicted molar refractivity (Wildman–Crippen MR) is 70.1 cm³/mol. The zero-order valence-electron chi connectivity index (χ0n) is 10.9. The minimum absolute atomic E-state index is 0.129. The van der Waals surface area contributed by atoms with Crippen molar-refractivity contribution in [2.45, 2.75) is 25.6 Å². The second-order valence-electron chi connectivity index (χ2n) is 5.03. The standard InChI is InChI=1S/C13H15FN4O2/c14-9-2-1-3-18(7-9)13(20)17-10-4-8-5-16-12(19)11(8)15-6-10/h4,6,9H,1-3,5,7H2,(H,16,19)(H,17,20). The van der Waals surface area contributed by atoms with Gasteiger partial charge in [-0.1, -0.05) is 0 Å². The number of halogens is 1. The number of anilines is 1. The van der Waals surface area contributed by atoms with Gasteiger partial charge in [0.05, 0.1) is 18.4 Å². The first-order valence-corrected chi connectivity index (χ1v) is 6.60. The number of nitrogens with zero attached hydrogens (tertiary/aromatic N) is 2. The van der Waals surface area contributed by atoms with Gasteiger partial charge in [0.2, 0.25) is 0 Å². The lowest BCUT2D eigenvalue weighted by Crippen LogP contribution is -2.43. The molecule has 0 saturated carbocycles. The molecule has 3 rings (SSSR count). The number of rotatable bonds is 1. The van der Waals surface area contributed by atoms with Crippen molar-refractivity contribution in [1.29, 1.82) is 0 Å². The molecule has 1 fully saturated rings. The van der Waals surface area contributed by atoms with Crippen LogP contribution in [-0.4, -0.2) is 41.1 Å². The van der Waals surface area contributed by atoms with Crippen LogP contribution in [0.4, 0.5) is 14.9 Å². The third kappa shape index (κ3) is 2.43. The summed E-state index contributed by atoms with van der Waals surface area (Å²) < 4.78 is 13.3. The number of carbonyl (C=O) groups excluding carboxylic acids is 2. The Labute approximate surface area is 115 Å². The zero-order chi connectivity index (χ0) is 14.1. The Kier molecular flexibility index (Phi) is 3.25.